The van der Waals surface area contributed by atoms with Crippen LogP contribution < -0.4 is 0 Å². The summed E-state index contributed by atoms with van der Waals surface area (Å²) in [7, 11) is 0. The van der Waals surface area contributed by atoms with Gasteiger partial charge in [-0.05, 0) is 35.2 Å². The van der Waals surface area contributed by atoms with Gasteiger partial charge >= 0.3 is 0 Å². The highest BCUT2D eigenvalue weighted by Crippen LogP contribution is 2.45. The van der Waals surface area contributed by atoms with Gasteiger partial charge in [0, 0.05) is 16.0 Å². The lowest BCUT2D eigenvalue weighted by Gasteiger charge is -2.13. The SMILES string of the molecule is O[C@@H]1C[C@H](c2ccc(Cl)cc2Cl)c2ccccc21. The van der Waals surface area contributed by atoms with Gasteiger partial charge in [0.15, 0.2) is 0 Å². The van der Waals surface area contributed by atoms with E-state index in [4.69, 9.17) is 23.2 Å². The van der Waals surface area contributed by atoms with Crippen LogP contribution in [0, 0.1) is 0 Å². The minimum Gasteiger partial charge on any atom is -0.388 e. The van der Waals surface area contributed by atoms with Crippen molar-refractivity contribution in [3.05, 3.63) is 69.2 Å². The normalized spacial score (nSPS) is 21.9. The van der Waals surface area contributed by atoms with E-state index in [2.05, 4.69) is 6.07 Å². The first-order valence-electron chi connectivity index (χ1n) is 5.88. The van der Waals surface area contributed by atoms with Crippen LogP contribution in [0.2, 0.25) is 10.0 Å². The predicted octanol–water partition coefficient (Wildman–Crippen LogP) is 4.56. The van der Waals surface area contributed by atoms with Crippen molar-refractivity contribution in [1.29, 1.82) is 0 Å². The molecule has 0 radical (unpaired) electrons. The van der Waals surface area contributed by atoms with Crippen LogP contribution in [0.4, 0.5) is 0 Å². The summed E-state index contributed by atoms with van der Waals surface area (Å²) >= 11 is 12.2. The second-order valence-corrected chi connectivity index (χ2v) is 5.44. The maximum atomic E-state index is 10.1. The van der Waals surface area contributed by atoms with Crippen molar-refractivity contribution < 1.29 is 5.11 Å². The van der Waals surface area contributed by atoms with Crippen LogP contribution in [0.25, 0.3) is 0 Å². The first kappa shape index (κ1) is 12.0. The molecule has 1 aliphatic rings. The first-order chi connectivity index (χ1) is 8.66. The van der Waals surface area contributed by atoms with Crippen LogP contribution in [0.5, 0.6) is 0 Å². The second kappa shape index (κ2) is 4.58. The maximum Gasteiger partial charge on any atom is 0.0802 e. The van der Waals surface area contributed by atoms with Crippen molar-refractivity contribution in [1.82, 2.24) is 0 Å². The fraction of sp³-hybridized carbons (Fsp3) is 0.200. The summed E-state index contributed by atoms with van der Waals surface area (Å²) < 4.78 is 0. The molecular formula is C15H12Cl2O. The lowest BCUT2D eigenvalue weighted by atomic mass is 9.93. The zero-order valence-electron chi connectivity index (χ0n) is 9.61. The van der Waals surface area contributed by atoms with Gasteiger partial charge in [-0.3, -0.25) is 0 Å². The maximum absolute atomic E-state index is 10.1. The van der Waals surface area contributed by atoms with E-state index in [9.17, 15) is 5.11 Å². The lowest BCUT2D eigenvalue weighted by molar-refractivity contribution is 0.176. The molecule has 1 nitrogen and oxygen atoms in total. The summed E-state index contributed by atoms with van der Waals surface area (Å²) in [6.07, 6.45) is 0.277. The molecule has 3 rings (SSSR count). The highest BCUT2D eigenvalue weighted by Gasteiger charge is 2.31. The Morgan fingerprint density at radius 1 is 0.944 bits per heavy atom. The summed E-state index contributed by atoms with van der Waals surface area (Å²) in [4.78, 5) is 0. The van der Waals surface area contributed by atoms with E-state index in [0.29, 0.717) is 16.5 Å². The second-order valence-electron chi connectivity index (χ2n) is 4.60. The topological polar surface area (TPSA) is 20.2 Å². The zero-order valence-corrected chi connectivity index (χ0v) is 11.1. The number of aliphatic hydroxyl groups is 1. The average molecular weight is 279 g/mol. The number of benzene rings is 2. The summed E-state index contributed by atoms with van der Waals surface area (Å²) in [6.45, 7) is 0. The van der Waals surface area contributed by atoms with Gasteiger partial charge in [0.25, 0.3) is 0 Å². The van der Waals surface area contributed by atoms with Crippen LogP contribution in [0.3, 0.4) is 0 Å². The summed E-state index contributed by atoms with van der Waals surface area (Å²) in [5.41, 5.74) is 3.20. The Kier molecular flexibility index (Phi) is 3.06. The van der Waals surface area contributed by atoms with Gasteiger partial charge in [0.05, 0.1) is 6.10 Å². The van der Waals surface area contributed by atoms with E-state index in [1.807, 2.05) is 30.3 Å². The molecule has 1 aliphatic carbocycles. The minimum absolute atomic E-state index is 0.154. The molecule has 0 saturated carbocycles. The van der Waals surface area contributed by atoms with E-state index in [-0.39, 0.29) is 5.92 Å². The van der Waals surface area contributed by atoms with E-state index in [0.717, 1.165) is 16.7 Å². The summed E-state index contributed by atoms with van der Waals surface area (Å²) in [5.74, 6) is 0.154. The van der Waals surface area contributed by atoms with Crippen molar-refractivity contribution in [2.45, 2.75) is 18.4 Å². The van der Waals surface area contributed by atoms with Crippen molar-refractivity contribution in [3.63, 3.8) is 0 Å². The highest BCUT2D eigenvalue weighted by atomic mass is 35.5. The van der Waals surface area contributed by atoms with Gasteiger partial charge in [-0.2, -0.15) is 0 Å². The molecular weight excluding hydrogens is 267 g/mol. The highest BCUT2D eigenvalue weighted by molar-refractivity contribution is 6.35. The monoisotopic (exact) mass is 278 g/mol. The third-order valence-corrected chi connectivity index (χ3v) is 4.09. The Labute approximate surface area is 116 Å². The summed E-state index contributed by atoms with van der Waals surface area (Å²) in [6, 6.07) is 13.5. The molecule has 0 amide bonds. The summed E-state index contributed by atoms with van der Waals surface area (Å²) in [5, 5.41) is 11.4. The number of aliphatic hydroxyl groups excluding tert-OH is 1. The number of fused-ring (bicyclic) bond motifs is 1. The smallest absolute Gasteiger partial charge is 0.0802 e. The third kappa shape index (κ3) is 1.93. The lowest BCUT2D eigenvalue weighted by Crippen LogP contribution is -1.97. The average Bonchev–Trinajstić information content (AvgIpc) is 2.68. The van der Waals surface area contributed by atoms with E-state index in [1.54, 1.807) is 6.07 Å². The molecule has 18 heavy (non-hydrogen) atoms. The minimum atomic E-state index is -0.405. The molecule has 2 atom stereocenters. The Morgan fingerprint density at radius 3 is 2.39 bits per heavy atom. The van der Waals surface area contributed by atoms with Crippen LogP contribution >= 0.6 is 23.2 Å². The van der Waals surface area contributed by atoms with Crippen molar-refractivity contribution in [2.75, 3.05) is 0 Å². The standard InChI is InChI=1S/C15H12Cl2O/c16-9-5-6-11(14(17)7-9)13-8-15(18)12-4-2-1-3-10(12)13/h1-7,13,15,18H,8H2/t13-,15+/m0/s1. The molecule has 0 bridgehead atoms. The Morgan fingerprint density at radius 2 is 1.67 bits per heavy atom. The number of halogens is 2. The molecule has 0 saturated heterocycles. The molecule has 0 unspecified atom stereocenters. The Bertz CT molecular complexity index is 595. The first-order valence-corrected chi connectivity index (χ1v) is 6.64. The quantitative estimate of drug-likeness (QED) is 0.811. The van der Waals surface area contributed by atoms with E-state index in [1.165, 1.54) is 0 Å². The molecule has 2 aromatic rings. The fourth-order valence-corrected chi connectivity index (χ4v) is 3.23. The number of hydrogen-bond donors (Lipinski definition) is 1. The molecule has 3 heteroatoms. The Hall–Kier alpha value is -1.02. The molecule has 0 heterocycles. The molecule has 2 aromatic carbocycles. The van der Waals surface area contributed by atoms with Crippen LogP contribution in [-0.2, 0) is 0 Å². The largest absolute Gasteiger partial charge is 0.388 e. The van der Waals surface area contributed by atoms with Crippen molar-refractivity contribution in [2.24, 2.45) is 0 Å². The van der Waals surface area contributed by atoms with Gasteiger partial charge in [-0.1, -0.05) is 53.5 Å². The van der Waals surface area contributed by atoms with E-state index < -0.39 is 6.10 Å². The van der Waals surface area contributed by atoms with Gasteiger partial charge in [-0.15, -0.1) is 0 Å². The van der Waals surface area contributed by atoms with Crippen LogP contribution in [0.1, 0.15) is 35.1 Å². The molecule has 0 aromatic heterocycles. The molecule has 1 N–H and O–H groups in total. The van der Waals surface area contributed by atoms with Crippen molar-refractivity contribution in [3.8, 4) is 0 Å². The molecule has 0 fully saturated rings. The molecule has 0 aliphatic heterocycles. The number of hydrogen-bond acceptors (Lipinski definition) is 1. The fourth-order valence-electron chi connectivity index (χ4n) is 2.69. The van der Waals surface area contributed by atoms with Gasteiger partial charge in [0.1, 0.15) is 0 Å². The van der Waals surface area contributed by atoms with E-state index >= 15 is 0 Å². The number of rotatable bonds is 1. The van der Waals surface area contributed by atoms with Crippen molar-refractivity contribution >= 4 is 23.2 Å². The third-order valence-electron chi connectivity index (χ3n) is 3.53. The van der Waals surface area contributed by atoms with Gasteiger partial charge in [-0.25, -0.2) is 0 Å². The zero-order chi connectivity index (χ0) is 12.7. The van der Waals surface area contributed by atoms with Crippen LogP contribution in [0.15, 0.2) is 42.5 Å². The van der Waals surface area contributed by atoms with Gasteiger partial charge < -0.3 is 5.11 Å². The van der Waals surface area contributed by atoms with Crippen LogP contribution in [-0.4, -0.2) is 5.11 Å². The van der Waals surface area contributed by atoms with Gasteiger partial charge in [0.2, 0.25) is 0 Å². The molecule has 0 spiro atoms. The predicted molar refractivity (Wildman–Crippen MR) is 74.3 cm³/mol. The molecule has 92 valence electrons. The Balaban J connectivity index is 2.09.